The number of nitrogens with zero attached hydrogens (tertiary/aromatic N) is 1. The van der Waals surface area contributed by atoms with Crippen molar-refractivity contribution in [1.29, 1.82) is 0 Å². The second-order valence-corrected chi connectivity index (χ2v) is 5.31. The Morgan fingerprint density at radius 2 is 1.81 bits per heavy atom. The molecule has 4 nitrogen and oxygen atoms in total. The molecule has 0 unspecified atom stereocenters. The average molecular weight is 288 g/mol. The van der Waals surface area contributed by atoms with Gasteiger partial charge in [-0.2, -0.15) is 0 Å². The molecule has 0 heterocycles. The van der Waals surface area contributed by atoms with E-state index in [1.165, 1.54) is 10.5 Å². The Bertz CT molecular complexity index is 493. The van der Waals surface area contributed by atoms with Gasteiger partial charge in [0.25, 0.3) is 0 Å². The van der Waals surface area contributed by atoms with E-state index in [2.05, 4.69) is 17.4 Å². The lowest BCUT2D eigenvalue weighted by Gasteiger charge is -2.10. The van der Waals surface area contributed by atoms with Crippen LogP contribution < -0.4 is 5.32 Å². The molecule has 0 bridgehead atoms. The molecule has 0 saturated heterocycles. The second kappa shape index (κ2) is 8.95. The van der Waals surface area contributed by atoms with Gasteiger partial charge in [-0.05, 0) is 25.3 Å². The SMILES string of the molecule is C/C(=C\C(=O)NCCC(=O)N(C)C)CCc1ccccc1. The standard InChI is InChI=1S/C17H24N2O2/c1-14(9-10-15-7-5-4-6-8-15)13-16(20)18-12-11-17(21)19(2)3/h4-8,13H,9-12H2,1-3H3,(H,18,20)/b14-13+. The summed E-state index contributed by atoms with van der Waals surface area (Å²) in [6.07, 6.45) is 3.72. The van der Waals surface area contributed by atoms with Crippen LogP contribution in [0.15, 0.2) is 42.0 Å². The molecule has 1 aromatic carbocycles. The predicted molar refractivity (Wildman–Crippen MR) is 84.8 cm³/mol. The summed E-state index contributed by atoms with van der Waals surface area (Å²) in [4.78, 5) is 24.6. The third kappa shape index (κ3) is 7.30. The first-order chi connectivity index (χ1) is 9.99. The van der Waals surface area contributed by atoms with Crippen molar-refractivity contribution in [2.24, 2.45) is 0 Å². The highest BCUT2D eigenvalue weighted by atomic mass is 16.2. The molecule has 0 aliphatic rings. The molecule has 0 aliphatic heterocycles. The normalized spacial score (nSPS) is 11.1. The van der Waals surface area contributed by atoms with E-state index in [4.69, 9.17) is 0 Å². The quantitative estimate of drug-likeness (QED) is 0.782. The first-order valence-electron chi connectivity index (χ1n) is 7.18. The summed E-state index contributed by atoms with van der Waals surface area (Å²) in [5.74, 6) is -0.118. The van der Waals surface area contributed by atoms with Gasteiger partial charge in [0.1, 0.15) is 0 Å². The van der Waals surface area contributed by atoms with Gasteiger partial charge in [0, 0.05) is 33.1 Å². The lowest BCUT2D eigenvalue weighted by atomic mass is 10.1. The van der Waals surface area contributed by atoms with E-state index < -0.39 is 0 Å². The van der Waals surface area contributed by atoms with Crippen LogP contribution in [0.1, 0.15) is 25.3 Å². The topological polar surface area (TPSA) is 49.4 Å². The summed E-state index contributed by atoms with van der Waals surface area (Å²) in [5.41, 5.74) is 2.30. The number of hydrogen-bond acceptors (Lipinski definition) is 2. The van der Waals surface area contributed by atoms with Crippen LogP contribution in [-0.4, -0.2) is 37.4 Å². The van der Waals surface area contributed by atoms with Crippen molar-refractivity contribution in [2.75, 3.05) is 20.6 Å². The van der Waals surface area contributed by atoms with Gasteiger partial charge in [0.05, 0.1) is 0 Å². The van der Waals surface area contributed by atoms with Crippen molar-refractivity contribution in [3.63, 3.8) is 0 Å². The highest BCUT2D eigenvalue weighted by Gasteiger charge is 2.04. The highest BCUT2D eigenvalue weighted by molar-refractivity contribution is 5.88. The molecule has 1 N–H and O–H groups in total. The minimum atomic E-state index is -0.132. The molecule has 2 amide bonds. The fraction of sp³-hybridized carbons (Fsp3) is 0.412. The van der Waals surface area contributed by atoms with Crippen LogP contribution in [0.25, 0.3) is 0 Å². The Labute approximate surface area is 126 Å². The number of carbonyl (C=O) groups is 2. The lowest BCUT2D eigenvalue weighted by molar-refractivity contribution is -0.128. The van der Waals surface area contributed by atoms with Crippen molar-refractivity contribution in [3.8, 4) is 0 Å². The smallest absolute Gasteiger partial charge is 0.243 e. The van der Waals surface area contributed by atoms with Gasteiger partial charge < -0.3 is 10.2 Å². The number of carbonyl (C=O) groups excluding carboxylic acids is 2. The summed E-state index contributed by atoms with van der Waals surface area (Å²) >= 11 is 0. The Kier molecular flexibility index (Phi) is 7.23. The van der Waals surface area contributed by atoms with Crippen molar-refractivity contribution in [3.05, 3.63) is 47.5 Å². The van der Waals surface area contributed by atoms with E-state index >= 15 is 0 Å². The van der Waals surface area contributed by atoms with Crippen LogP contribution in [-0.2, 0) is 16.0 Å². The number of nitrogens with one attached hydrogen (secondary N) is 1. The first kappa shape index (κ1) is 17.0. The Morgan fingerprint density at radius 1 is 1.14 bits per heavy atom. The minimum absolute atomic E-state index is 0.0140. The monoisotopic (exact) mass is 288 g/mol. The number of aryl methyl sites for hydroxylation is 1. The predicted octanol–water partition coefficient (Wildman–Crippen LogP) is 2.16. The third-order valence-corrected chi connectivity index (χ3v) is 3.17. The molecular weight excluding hydrogens is 264 g/mol. The van der Waals surface area contributed by atoms with Crippen molar-refractivity contribution < 1.29 is 9.59 Å². The first-order valence-corrected chi connectivity index (χ1v) is 7.18. The number of amides is 2. The van der Waals surface area contributed by atoms with Crippen LogP contribution >= 0.6 is 0 Å². The zero-order valence-corrected chi connectivity index (χ0v) is 13.1. The fourth-order valence-electron chi connectivity index (χ4n) is 1.85. The molecule has 0 atom stereocenters. The van der Waals surface area contributed by atoms with Crippen LogP contribution in [0.4, 0.5) is 0 Å². The fourth-order valence-corrected chi connectivity index (χ4v) is 1.85. The van der Waals surface area contributed by atoms with Crippen molar-refractivity contribution in [1.82, 2.24) is 10.2 Å². The van der Waals surface area contributed by atoms with E-state index in [0.29, 0.717) is 13.0 Å². The number of hydrogen-bond donors (Lipinski definition) is 1. The molecule has 4 heteroatoms. The van der Waals surface area contributed by atoms with Gasteiger partial charge in [-0.1, -0.05) is 35.9 Å². The van der Waals surface area contributed by atoms with Crippen LogP contribution in [0.2, 0.25) is 0 Å². The van der Waals surface area contributed by atoms with E-state index in [1.807, 2.05) is 25.1 Å². The van der Waals surface area contributed by atoms with Crippen molar-refractivity contribution in [2.45, 2.75) is 26.2 Å². The van der Waals surface area contributed by atoms with E-state index in [9.17, 15) is 9.59 Å². The van der Waals surface area contributed by atoms with Crippen LogP contribution in [0, 0.1) is 0 Å². The third-order valence-electron chi connectivity index (χ3n) is 3.17. The maximum absolute atomic E-state index is 11.7. The van der Waals surface area contributed by atoms with Gasteiger partial charge in [-0.3, -0.25) is 9.59 Å². The molecule has 1 aromatic rings. The zero-order valence-electron chi connectivity index (χ0n) is 13.1. The summed E-state index contributed by atoms with van der Waals surface area (Å²) < 4.78 is 0. The summed E-state index contributed by atoms with van der Waals surface area (Å²) in [6, 6.07) is 10.2. The average Bonchev–Trinajstić information content (AvgIpc) is 2.46. The number of allylic oxidation sites excluding steroid dienone is 1. The number of benzene rings is 1. The van der Waals surface area contributed by atoms with Gasteiger partial charge in [0.2, 0.25) is 11.8 Å². The molecule has 0 aliphatic carbocycles. The highest BCUT2D eigenvalue weighted by Crippen LogP contribution is 2.08. The maximum atomic E-state index is 11.7. The summed E-state index contributed by atoms with van der Waals surface area (Å²) in [6.45, 7) is 2.33. The van der Waals surface area contributed by atoms with Gasteiger partial charge >= 0.3 is 0 Å². The molecular formula is C17H24N2O2. The van der Waals surface area contributed by atoms with E-state index in [1.54, 1.807) is 20.2 Å². The lowest BCUT2D eigenvalue weighted by Crippen LogP contribution is -2.29. The largest absolute Gasteiger partial charge is 0.352 e. The molecule has 0 spiro atoms. The molecule has 0 saturated carbocycles. The Hall–Kier alpha value is -2.10. The van der Waals surface area contributed by atoms with E-state index in [-0.39, 0.29) is 11.8 Å². The van der Waals surface area contributed by atoms with Gasteiger partial charge in [-0.25, -0.2) is 0 Å². The van der Waals surface area contributed by atoms with E-state index in [0.717, 1.165) is 18.4 Å². The molecule has 21 heavy (non-hydrogen) atoms. The Balaban J connectivity index is 2.29. The minimum Gasteiger partial charge on any atom is -0.352 e. The van der Waals surface area contributed by atoms with Crippen LogP contribution in [0.3, 0.4) is 0 Å². The van der Waals surface area contributed by atoms with Gasteiger partial charge in [0.15, 0.2) is 0 Å². The molecule has 0 aromatic heterocycles. The molecule has 1 rings (SSSR count). The van der Waals surface area contributed by atoms with Crippen molar-refractivity contribution >= 4 is 11.8 Å². The summed E-state index contributed by atoms with van der Waals surface area (Å²) in [7, 11) is 3.41. The molecule has 114 valence electrons. The van der Waals surface area contributed by atoms with Crippen LogP contribution in [0.5, 0.6) is 0 Å². The van der Waals surface area contributed by atoms with Gasteiger partial charge in [-0.15, -0.1) is 0 Å². The number of rotatable bonds is 7. The summed E-state index contributed by atoms with van der Waals surface area (Å²) in [5, 5.41) is 2.73. The maximum Gasteiger partial charge on any atom is 0.243 e. The zero-order chi connectivity index (χ0) is 15.7. The Morgan fingerprint density at radius 3 is 2.43 bits per heavy atom. The molecule has 0 fully saturated rings. The second-order valence-electron chi connectivity index (χ2n) is 5.31. The molecule has 0 radical (unpaired) electrons.